The minimum absolute atomic E-state index is 0.0188. The standard InChI is InChI=1S/C28H30N4O6S/c1-28(2,3)38-27(34)31-15-17-4-6-18(7-5-17)20-12-19-9-11-37-25(19)24(13-20)39(35,36)32-21-14-22-23(30-16-21)8-10-29-26(22)33/h4-7,12-14,16,32H,8-11,15H2,1-3H3,(H,29,33)(H,31,34). The summed E-state index contributed by atoms with van der Waals surface area (Å²) in [4.78, 5) is 28.5. The molecule has 0 saturated carbocycles. The van der Waals surface area contributed by atoms with Crippen molar-refractivity contribution in [3.8, 4) is 16.9 Å². The Morgan fingerprint density at radius 1 is 1.10 bits per heavy atom. The highest BCUT2D eigenvalue weighted by molar-refractivity contribution is 7.92. The van der Waals surface area contributed by atoms with Crippen molar-refractivity contribution in [2.75, 3.05) is 17.9 Å². The number of nitrogens with one attached hydrogen (secondary N) is 3. The number of anilines is 1. The third-order valence-corrected chi connectivity index (χ3v) is 7.66. The van der Waals surface area contributed by atoms with Gasteiger partial charge < -0.3 is 20.1 Å². The van der Waals surface area contributed by atoms with Crippen LogP contribution in [0.15, 0.2) is 53.6 Å². The van der Waals surface area contributed by atoms with Crippen molar-refractivity contribution in [1.82, 2.24) is 15.6 Å². The molecular weight excluding hydrogens is 520 g/mol. The van der Waals surface area contributed by atoms with Crippen molar-refractivity contribution < 1.29 is 27.5 Å². The van der Waals surface area contributed by atoms with E-state index in [1.54, 1.807) is 26.8 Å². The van der Waals surface area contributed by atoms with Gasteiger partial charge in [-0.1, -0.05) is 24.3 Å². The fraction of sp³-hybridized carbons (Fsp3) is 0.321. The summed E-state index contributed by atoms with van der Waals surface area (Å²) in [5, 5.41) is 5.47. The number of amides is 2. The van der Waals surface area contributed by atoms with E-state index in [0.29, 0.717) is 55.1 Å². The van der Waals surface area contributed by atoms with Crippen LogP contribution in [-0.2, 0) is 34.1 Å². The zero-order valence-corrected chi connectivity index (χ0v) is 22.8. The molecule has 11 heteroatoms. The molecule has 2 aliphatic rings. The summed E-state index contributed by atoms with van der Waals surface area (Å²) < 4.78 is 40.6. The number of ether oxygens (including phenoxy) is 2. The molecule has 2 aliphatic heterocycles. The molecule has 0 atom stereocenters. The van der Waals surface area contributed by atoms with Gasteiger partial charge in [0.1, 0.15) is 16.2 Å². The Hall–Kier alpha value is -4.12. The van der Waals surface area contributed by atoms with Crippen LogP contribution in [0.25, 0.3) is 11.1 Å². The Morgan fingerprint density at radius 2 is 1.87 bits per heavy atom. The Bertz CT molecular complexity index is 1550. The zero-order chi connectivity index (χ0) is 27.8. The zero-order valence-electron chi connectivity index (χ0n) is 22.0. The largest absolute Gasteiger partial charge is 0.492 e. The number of rotatable bonds is 6. The van der Waals surface area contributed by atoms with Gasteiger partial charge in [0.15, 0.2) is 0 Å². The minimum atomic E-state index is -4.06. The van der Waals surface area contributed by atoms with Crippen LogP contribution in [0.3, 0.4) is 0 Å². The van der Waals surface area contributed by atoms with E-state index in [9.17, 15) is 18.0 Å². The molecule has 0 unspecified atom stereocenters. The van der Waals surface area contributed by atoms with Crippen LogP contribution < -0.4 is 20.1 Å². The average molecular weight is 551 g/mol. The first-order valence-corrected chi connectivity index (χ1v) is 14.1. The van der Waals surface area contributed by atoms with Crippen LogP contribution in [0.2, 0.25) is 0 Å². The molecule has 1 aromatic heterocycles. The van der Waals surface area contributed by atoms with Crippen molar-refractivity contribution in [3.63, 3.8) is 0 Å². The average Bonchev–Trinajstić information content (AvgIpc) is 3.35. The highest BCUT2D eigenvalue weighted by atomic mass is 32.2. The van der Waals surface area contributed by atoms with Crippen molar-refractivity contribution in [3.05, 3.63) is 71.0 Å². The lowest BCUT2D eigenvalue weighted by molar-refractivity contribution is 0.0523. The molecule has 3 N–H and O–H groups in total. The first-order valence-electron chi connectivity index (χ1n) is 12.6. The monoisotopic (exact) mass is 550 g/mol. The summed E-state index contributed by atoms with van der Waals surface area (Å²) in [6, 6.07) is 12.5. The van der Waals surface area contributed by atoms with Crippen molar-refractivity contribution in [1.29, 1.82) is 0 Å². The molecule has 3 aromatic rings. The molecule has 2 amide bonds. The topological polar surface area (TPSA) is 136 Å². The van der Waals surface area contributed by atoms with E-state index in [1.165, 1.54) is 12.3 Å². The summed E-state index contributed by atoms with van der Waals surface area (Å²) in [6.07, 6.45) is 2.10. The highest BCUT2D eigenvalue weighted by Gasteiger charge is 2.28. The second kappa shape index (κ2) is 10.2. The van der Waals surface area contributed by atoms with E-state index in [4.69, 9.17) is 9.47 Å². The second-order valence-electron chi connectivity index (χ2n) is 10.4. The van der Waals surface area contributed by atoms with Crippen molar-refractivity contribution in [2.24, 2.45) is 0 Å². The van der Waals surface area contributed by atoms with Gasteiger partial charge in [0.25, 0.3) is 15.9 Å². The fourth-order valence-corrected chi connectivity index (χ4v) is 5.73. The van der Waals surface area contributed by atoms with Crippen LogP contribution in [0, 0.1) is 0 Å². The molecule has 0 spiro atoms. The summed E-state index contributed by atoms with van der Waals surface area (Å²) >= 11 is 0. The van der Waals surface area contributed by atoms with Gasteiger partial charge in [0.2, 0.25) is 0 Å². The van der Waals surface area contributed by atoms with Crippen LogP contribution in [0.4, 0.5) is 10.5 Å². The number of benzene rings is 2. The quantitative estimate of drug-likeness (QED) is 0.425. The lowest BCUT2D eigenvalue weighted by Gasteiger charge is -2.19. The van der Waals surface area contributed by atoms with Crippen molar-refractivity contribution in [2.45, 2.75) is 50.7 Å². The number of nitrogens with zero attached hydrogens (tertiary/aromatic N) is 1. The number of fused-ring (bicyclic) bond motifs is 2. The van der Waals surface area contributed by atoms with E-state index >= 15 is 0 Å². The maximum absolute atomic E-state index is 13.5. The normalized spacial score (nSPS) is 14.5. The number of aromatic nitrogens is 1. The number of hydrogen-bond donors (Lipinski definition) is 3. The first-order chi connectivity index (χ1) is 18.5. The van der Waals surface area contributed by atoms with Gasteiger partial charge in [-0.25, -0.2) is 13.2 Å². The van der Waals surface area contributed by atoms with Crippen LogP contribution in [0.1, 0.15) is 48.0 Å². The molecule has 0 bridgehead atoms. The molecule has 0 saturated heterocycles. The predicted molar refractivity (Wildman–Crippen MR) is 145 cm³/mol. The maximum Gasteiger partial charge on any atom is 0.407 e. The Morgan fingerprint density at radius 3 is 2.62 bits per heavy atom. The molecule has 2 aromatic carbocycles. The van der Waals surface area contributed by atoms with E-state index in [1.807, 2.05) is 30.3 Å². The smallest absolute Gasteiger partial charge is 0.407 e. The second-order valence-corrected chi connectivity index (χ2v) is 12.1. The summed E-state index contributed by atoms with van der Waals surface area (Å²) in [5.74, 6) is 0.0499. The Labute approximate surface area is 227 Å². The third kappa shape index (κ3) is 5.98. The lowest BCUT2D eigenvalue weighted by Crippen LogP contribution is -2.32. The third-order valence-electron chi connectivity index (χ3n) is 6.28. The first kappa shape index (κ1) is 26.5. The SMILES string of the molecule is CC(C)(C)OC(=O)NCc1ccc(-c2cc3c(c(S(=O)(=O)Nc4cnc5c(c4)C(=O)NCC5)c2)OCC3)cc1. The van der Waals surface area contributed by atoms with Gasteiger partial charge in [0, 0.05) is 25.9 Å². The number of carbonyl (C=O) groups excluding carboxylic acids is 2. The predicted octanol–water partition coefficient (Wildman–Crippen LogP) is 3.79. The molecular formula is C28H30N4O6S. The number of hydrogen-bond acceptors (Lipinski definition) is 7. The Balaban J connectivity index is 1.38. The van der Waals surface area contributed by atoms with E-state index in [0.717, 1.165) is 16.7 Å². The minimum Gasteiger partial charge on any atom is -0.492 e. The van der Waals surface area contributed by atoms with Crippen LogP contribution >= 0.6 is 0 Å². The summed E-state index contributed by atoms with van der Waals surface area (Å²) in [7, 11) is -4.06. The van der Waals surface area contributed by atoms with E-state index in [2.05, 4.69) is 20.3 Å². The molecule has 3 heterocycles. The van der Waals surface area contributed by atoms with Crippen LogP contribution in [-0.4, -0.2) is 44.2 Å². The van der Waals surface area contributed by atoms with Gasteiger partial charge in [0.05, 0.1) is 29.7 Å². The Kier molecular flexibility index (Phi) is 6.94. The molecule has 5 rings (SSSR count). The lowest BCUT2D eigenvalue weighted by atomic mass is 10.0. The fourth-order valence-electron chi connectivity index (χ4n) is 4.49. The molecule has 0 aliphatic carbocycles. The van der Waals surface area contributed by atoms with Crippen molar-refractivity contribution >= 4 is 27.7 Å². The van der Waals surface area contributed by atoms with Gasteiger partial charge in [-0.3, -0.25) is 14.5 Å². The van der Waals surface area contributed by atoms with E-state index < -0.39 is 21.7 Å². The van der Waals surface area contributed by atoms with Gasteiger partial charge in [-0.2, -0.15) is 0 Å². The number of carbonyl (C=O) groups is 2. The number of pyridine rings is 1. The highest BCUT2D eigenvalue weighted by Crippen LogP contribution is 2.38. The molecule has 0 fully saturated rings. The van der Waals surface area contributed by atoms with Gasteiger partial charge in [-0.15, -0.1) is 0 Å². The summed E-state index contributed by atoms with van der Waals surface area (Å²) in [6.45, 7) is 6.59. The number of alkyl carbamates (subject to hydrolysis) is 1. The molecule has 0 radical (unpaired) electrons. The molecule has 10 nitrogen and oxygen atoms in total. The van der Waals surface area contributed by atoms with Gasteiger partial charge >= 0.3 is 6.09 Å². The maximum atomic E-state index is 13.5. The molecule has 204 valence electrons. The van der Waals surface area contributed by atoms with E-state index in [-0.39, 0.29) is 16.5 Å². The number of sulfonamides is 1. The van der Waals surface area contributed by atoms with Crippen LogP contribution in [0.5, 0.6) is 5.75 Å². The summed E-state index contributed by atoms with van der Waals surface area (Å²) in [5.41, 5.74) is 3.81. The van der Waals surface area contributed by atoms with Gasteiger partial charge in [-0.05, 0) is 61.2 Å². The molecule has 39 heavy (non-hydrogen) atoms.